The molecule has 1 saturated heterocycles. The van der Waals surface area contributed by atoms with Crippen LogP contribution in [0, 0.1) is 17.3 Å². The first-order chi connectivity index (χ1) is 8.50. The van der Waals surface area contributed by atoms with Crippen LogP contribution < -0.4 is 0 Å². The number of Topliss-reactive ketones (excluding diaryl/α,β-unsaturated/α-hetero) is 1. The summed E-state index contributed by atoms with van der Waals surface area (Å²) in [6.45, 7) is 10.4. The van der Waals surface area contributed by atoms with Gasteiger partial charge in [0.05, 0.1) is 0 Å². The molecule has 18 heavy (non-hydrogen) atoms. The van der Waals surface area contributed by atoms with Crippen molar-refractivity contribution in [3.05, 3.63) is 0 Å². The number of ketones is 1. The number of hydrogen-bond donors (Lipinski definition) is 0. The van der Waals surface area contributed by atoms with Gasteiger partial charge in [-0.3, -0.25) is 4.79 Å². The van der Waals surface area contributed by atoms with Gasteiger partial charge in [0.1, 0.15) is 5.78 Å². The Morgan fingerprint density at radius 1 is 1.28 bits per heavy atom. The fourth-order valence-electron chi connectivity index (χ4n) is 3.60. The molecule has 2 aliphatic rings. The zero-order valence-corrected chi connectivity index (χ0v) is 12.4. The normalized spacial score (nSPS) is 30.6. The summed E-state index contributed by atoms with van der Waals surface area (Å²) in [7, 11) is 0. The van der Waals surface area contributed by atoms with Crippen molar-refractivity contribution < 1.29 is 4.79 Å². The van der Waals surface area contributed by atoms with Crippen molar-refractivity contribution in [3.63, 3.8) is 0 Å². The van der Waals surface area contributed by atoms with E-state index in [0.717, 1.165) is 31.7 Å². The first-order valence-corrected chi connectivity index (χ1v) is 7.75. The molecule has 0 aromatic heterocycles. The lowest BCUT2D eigenvalue weighted by molar-refractivity contribution is -0.127. The fraction of sp³-hybridized carbons (Fsp3) is 0.938. The maximum atomic E-state index is 12.0. The molecule has 1 saturated carbocycles. The summed E-state index contributed by atoms with van der Waals surface area (Å²) in [5, 5.41) is 0. The van der Waals surface area contributed by atoms with Gasteiger partial charge in [0.2, 0.25) is 0 Å². The Balaban J connectivity index is 1.83. The third-order valence-electron chi connectivity index (χ3n) is 5.07. The molecule has 0 radical (unpaired) electrons. The number of likely N-dealkylation sites (tertiary alicyclic amines) is 1. The van der Waals surface area contributed by atoms with Crippen LogP contribution in [0.25, 0.3) is 0 Å². The Bertz CT molecular complexity index is 289. The van der Waals surface area contributed by atoms with E-state index in [2.05, 4.69) is 25.7 Å². The molecule has 2 heteroatoms. The zero-order chi connectivity index (χ0) is 13.2. The van der Waals surface area contributed by atoms with E-state index in [1.54, 1.807) is 0 Å². The second kappa shape index (κ2) is 5.73. The van der Waals surface area contributed by atoms with Crippen molar-refractivity contribution in [3.8, 4) is 0 Å². The molecular formula is C16H29NO. The van der Waals surface area contributed by atoms with E-state index in [1.165, 1.54) is 32.4 Å². The highest BCUT2D eigenvalue weighted by molar-refractivity contribution is 5.82. The van der Waals surface area contributed by atoms with E-state index in [9.17, 15) is 4.79 Å². The number of hydrogen-bond acceptors (Lipinski definition) is 2. The Morgan fingerprint density at radius 2 is 1.94 bits per heavy atom. The average molecular weight is 251 g/mol. The highest BCUT2D eigenvalue weighted by Gasteiger charge is 2.34. The van der Waals surface area contributed by atoms with Gasteiger partial charge in [-0.2, -0.15) is 0 Å². The summed E-state index contributed by atoms with van der Waals surface area (Å²) >= 11 is 0. The predicted octanol–water partition coefficient (Wildman–Crippen LogP) is 3.50. The van der Waals surface area contributed by atoms with Crippen LogP contribution in [-0.2, 0) is 4.79 Å². The number of nitrogens with zero attached hydrogens (tertiary/aromatic N) is 1. The minimum atomic E-state index is 0.312. The fourth-order valence-corrected chi connectivity index (χ4v) is 3.60. The van der Waals surface area contributed by atoms with E-state index in [0.29, 0.717) is 17.1 Å². The number of piperidine rings is 1. The summed E-state index contributed by atoms with van der Waals surface area (Å²) < 4.78 is 0. The van der Waals surface area contributed by atoms with E-state index >= 15 is 0 Å². The molecule has 1 heterocycles. The van der Waals surface area contributed by atoms with Gasteiger partial charge < -0.3 is 4.90 Å². The minimum Gasteiger partial charge on any atom is -0.303 e. The minimum absolute atomic E-state index is 0.312. The maximum Gasteiger partial charge on any atom is 0.137 e. The molecule has 2 rings (SSSR count). The van der Waals surface area contributed by atoms with Crippen molar-refractivity contribution in [2.24, 2.45) is 17.3 Å². The molecular weight excluding hydrogens is 222 g/mol. The predicted molar refractivity (Wildman–Crippen MR) is 75.6 cm³/mol. The largest absolute Gasteiger partial charge is 0.303 e. The summed E-state index contributed by atoms with van der Waals surface area (Å²) in [5.74, 6) is 1.76. The molecule has 0 N–H and O–H groups in total. The monoisotopic (exact) mass is 251 g/mol. The Morgan fingerprint density at radius 3 is 2.56 bits per heavy atom. The van der Waals surface area contributed by atoms with E-state index < -0.39 is 0 Å². The molecule has 1 aliphatic heterocycles. The van der Waals surface area contributed by atoms with Crippen LogP contribution in [0.2, 0.25) is 0 Å². The van der Waals surface area contributed by atoms with Gasteiger partial charge in [-0.15, -0.1) is 0 Å². The SMILES string of the molecule is CCC1CCN(CC2CC(C)(C)CCC2=O)CC1. The van der Waals surface area contributed by atoms with Crippen LogP contribution >= 0.6 is 0 Å². The molecule has 2 nitrogen and oxygen atoms in total. The van der Waals surface area contributed by atoms with Crippen molar-refractivity contribution in [1.82, 2.24) is 4.90 Å². The standard InChI is InChI=1S/C16H29NO/c1-4-13-6-9-17(10-7-13)12-14-11-16(2,3)8-5-15(14)18/h13-14H,4-12H2,1-3H3. The van der Waals surface area contributed by atoms with Crippen molar-refractivity contribution in [1.29, 1.82) is 0 Å². The van der Waals surface area contributed by atoms with Crippen LogP contribution in [0.4, 0.5) is 0 Å². The first kappa shape index (κ1) is 14.0. The smallest absolute Gasteiger partial charge is 0.137 e. The molecule has 1 atom stereocenters. The highest BCUT2D eigenvalue weighted by atomic mass is 16.1. The van der Waals surface area contributed by atoms with Gasteiger partial charge in [0.15, 0.2) is 0 Å². The molecule has 1 aliphatic carbocycles. The lowest BCUT2D eigenvalue weighted by Gasteiger charge is -2.38. The molecule has 0 bridgehead atoms. The molecule has 0 spiro atoms. The summed E-state index contributed by atoms with van der Waals surface area (Å²) in [6.07, 6.45) is 6.98. The lowest BCUT2D eigenvalue weighted by atomic mass is 9.71. The molecule has 1 unspecified atom stereocenters. The maximum absolute atomic E-state index is 12.0. The molecule has 0 amide bonds. The van der Waals surface area contributed by atoms with Gasteiger partial charge >= 0.3 is 0 Å². The number of carbonyl (C=O) groups excluding carboxylic acids is 1. The molecule has 0 aromatic carbocycles. The van der Waals surface area contributed by atoms with Crippen LogP contribution in [0.3, 0.4) is 0 Å². The van der Waals surface area contributed by atoms with Crippen LogP contribution in [0.5, 0.6) is 0 Å². The Labute approximate surface area is 112 Å². The zero-order valence-electron chi connectivity index (χ0n) is 12.4. The number of carbonyl (C=O) groups is 1. The van der Waals surface area contributed by atoms with Crippen LogP contribution in [0.15, 0.2) is 0 Å². The summed E-state index contributed by atoms with van der Waals surface area (Å²) in [5.41, 5.74) is 0.375. The van der Waals surface area contributed by atoms with Gasteiger partial charge in [0, 0.05) is 18.9 Å². The first-order valence-electron chi connectivity index (χ1n) is 7.75. The summed E-state index contributed by atoms with van der Waals surface area (Å²) in [6, 6.07) is 0. The second-order valence-corrected chi connectivity index (χ2v) is 7.18. The average Bonchev–Trinajstić information content (AvgIpc) is 2.35. The van der Waals surface area contributed by atoms with Crippen LogP contribution in [0.1, 0.15) is 59.3 Å². The second-order valence-electron chi connectivity index (χ2n) is 7.18. The van der Waals surface area contributed by atoms with Crippen molar-refractivity contribution in [2.75, 3.05) is 19.6 Å². The topological polar surface area (TPSA) is 20.3 Å². The van der Waals surface area contributed by atoms with E-state index in [1.807, 2.05) is 0 Å². The lowest BCUT2D eigenvalue weighted by Crippen LogP contribution is -2.42. The van der Waals surface area contributed by atoms with Gasteiger partial charge in [-0.1, -0.05) is 27.2 Å². The number of rotatable bonds is 3. The van der Waals surface area contributed by atoms with Crippen LogP contribution in [-0.4, -0.2) is 30.3 Å². The van der Waals surface area contributed by atoms with Gasteiger partial charge in [-0.25, -0.2) is 0 Å². The third-order valence-corrected chi connectivity index (χ3v) is 5.07. The van der Waals surface area contributed by atoms with Crippen molar-refractivity contribution >= 4 is 5.78 Å². The van der Waals surface area contributed by atoms with Crippen molar-refractivity contribution in [2.45, 2.75) is 59.3 Å². The third kappa shape index (κ3) is 3.57. The molecule has 0 aromatic rings. The Hall–Kier alpha value is -0.370. The summed E-state index contributed by atoms with van der Waals surface area (Å²) in [4.78, 5) is 14.6. The van der Waals surface area contributed by atoms with E-state index in [4.69, 9.17) is 0 Å². The highest BCUT2D eigenvalue weighted by Crippen LogP contribution is 2.37. The molecule has 104 valence electrons. The van der Waals surface area contributed by atoms with Gasteiger partial charge in [0.25, 0.3) is 0 Å². The van der Waals surface area contributed by atoms with E-state index in [-0.39, 0.29) is 0 Å². The Kier molecular flexibility index (Phi) is 4.47. The van der Waals surface area contributed by atoms with Gasteiger partial charge in [-0.05, 0) is 50.1 Å². The molecule has 2 fully saturated rings. The quantitative estimate of drug-likeness (QED) is 0.765.